The van der Waals surface area contributed by atoms with E-state index in [0.29, 0.717) is 18.1 Å². The van der Waals surface area contributed by atoms with Crippen LogP contribution in [0.2, 0.25) is 0 Å². The summed E-state index contributed by atoms with van der Waals surface area (Å²) in [4.78, 5) is 11.8. The standard InChI is InChI=1S/C27H40O3/c1-20(2)27(29)30-18-16-25-19-21(7-6-17-28)10-15-26(25)24-13-11-23(12-14-24)22-8-4-3-5-9-22/h10,15,19,22-24,28H,1,3-9,11-14,16-18H2,2H3. The largest absolute Gasteiger partial charge is 0.462 e. The zero-order valence-corrected chi connectivity index (χ0v) is 18.8. The number of aliphatic hydroxyl groups is 1. The molecule has 0 saturated heterocycles. The Hall–Kier alpha value is -1.61. The van der Waals surface area contributed by atoms with Crippen LogP contribution in [0.3, 0.4) is 0 Å². The Morgan fingerprint density at radius 3 is 2.40 bits per heavy atom. The monoisotopic (exact) mass is 412 g/mol. The molecule has 2 aliphatic carbocycles. The van der Waals surface area contributed by atoms with E-state index in [0.717, 1.165) is 31.1 Å². The summed E-state index contributed by atoms with van der Waals surface area (Å²) in [6, 6.07) is 6.84. The van der Waals surface area contributed by atoms with E-state index in [1.165, 1.54) is 74.5 Å². The van der Waals surface area contributed by atoms with Gasteiger partial charge in [-0.1, -0.05) is 56.9 Å². The fourth-order valence-electron chi connectivity index (χ4n) is 5.60. The predicted octanol–water partition coefficient (Wildman–Crippen LogP) is 6.13. The molecule has 2 aliphatic rings. The second-order valence-electron chi connectivity index (χ2n) is 9.54. The SMILES string of the molecule is C=C(C)C(=O)OCCc1cc(CCCO)ccc1C1CCC(C2CCCCC2)CC1. The first-order valence-electron chi connectivity index (χ1n) is 12.1. The lowest BCUT2D eigenvalue weighted by atomic mass is 9.69. The maximum atomic E-state index is 11.8. The van der Waals surface area contributed by atoms with E-state index in [1.807, 2.05) is 0 Å². The van der Waals surface area contributed by atoms with Crippen molar-refractivity contribution in [2.75, 3.05) is 13.2 Å². The molecule has 0 amide bonds. The van der Waals surface area contributed by atoms with Gasteiger partial charge in [0.15, 0.2) is 0 Å². The van der Waals surface area contributed by atoms with Crippen LogP contribution in [0.4, 0.5) is 0 Å². The summed E-state index contributed by atoms with van der Waals surface area (Å²) in [5.41, 5.74) is 4.50. The van der Waals surface area contributed by atoms with Gasteiger partial charge in [0.25, 0.3) is 0 Å². The molecule has 0 spiro atoms. The van der Waals surface area contributed by atoms with Gasteiger partial charge in [0, 0.05) is 18.6 Å². The molecule has 0 radical (unpaired) electrons. The first-order valence-corrected chi connectivity index (χ1v) is 12.1. The Morgan fingerprint density at radius 2 is 1.73 bits per heavy atom. The zero-order chi connectivity index (χ0) is 21.3. The van der Waals surface area contributed by atoms with Crippen LogP contribution >= 0.6 is 0 Å². The number of rotatable bonds is 9. The smallest absolute Gasteiger partial charge is 0.333 e. The van der Waals surface area contributed by atoms with Crippen molar-refractivity contribution in [3.05, 3.63) is 47.0 Å². The number of esters is 1. The van der Waals surface area contributed by atoms with Crippen molar-refractivity contribution >= 4 is 5.97 Å². The maximum absolute atomic E-state index is 11.8. The number of benzene rings is 1. The number of aliphatic hydroxyl groups excluding tert-OH is 1. The minimum absolute atomic E-state index is 0.221. The van der Waals surface area contributed by atoms with Crippen LogP contribution in [-0.2, 0) is 22.4 Å². The van der Waals surface area contributed by atoms with E-state index in [9.17, 15) is 9.90 Å². The third kappa shape index (κ3) is 6.44. The fourth-order valence-corrected chi connectivity index (χ4v) is 5.60. The minimum atomic E-state index is -0.305. The van der Waals surface area contributed by atoms with E-state index in [1.54, 1.807) is 6.92 Å². The van der Waals surface area contributed by atoms with Crippen molar-refractivity contribution in [1.82, 2.24) is 0 Å². The molecule has 3 heteroatoms. The second-order valence-corrected chi connectivity index (χ2v) is 9.54. The quantitative estimate of drug-likeness (QED) is 0.392. The van der Waals surface area contributed by atoms with Crippen LogP contribution in [0, 0.1) is 11.8 Å². The summed E-state index contributed by atoms with van der Waals surface area (Å²) >= 11 is 0. The molecule has 0 unspecified atom stereocenters. The molecule has 1 aromatic carbocycles. The molecule has 3 rings (SSSR count). The Bertz CT molecular complexity index is 694. The predicted molar refractivity (Wildman–Crippen MR) is 123 cm³/mol. The molecule has 0 bridgehead atoms. The number of hydrogen-bond donors (Lipinski definition) is 1. The third-order valence-corrected chi connectivity index (χ3v) is 7.31. The number of aryl methyl sites for hydroxylation is 1. The summed E-state index contributed by atoms with van der Waals surface area (Å²) in [5.74, 6) is 2.23. The summed E-state index contributed by atoms with van der Waals surface area (Å²) in [5, 5.41) is 9.18. The van der Waals surface area contributed by atoms with Gasteiger partial charge in [-0.25, -0.2) is 4.79 Å². The van der Waals surface area contributed by atoms with Crippen LogP contribution in [0.15, 0.2) is 30.4 Å². The van der Waals surface area contributed by atoms with Crippen molar-refractivity contribution in [2.24, 2.45) is 11.8 Å². The van der Waals surface area contributed by atoms with E-state index in [2.05, 4.69) is 24.8 Å². The van der Waals surface area contributed by atoms with Gasteiger partial charge < -0.3 is 9.84 Å². The van der Waals surface area contributed by atoms with Gasteiger partial charge in [-0.3, -0.25) is 0 Å². The average Bonchev–Trinajstić information content (AvgIpc) is 2.78. The van der Waals surface area contributed by atoms with Gasteiger partial charge in [0.05, 0.1) is 6.61 Å². The fraction of sp³-hybridized carbons (Fsp3) is 0.667. The van der Waals surface area contributed by atoms with E-state index in [-0.39, 0.29) is 12.6 Å². The number of carbonyl (C=O) groups is 1. The summed E-state index contributed by atoms with van der Waals surface area (Å²) < 4.78 is 5.39. The zero-order valence-electron chi connectivity index (χ0n) is 18.8. The van der Waals surface area contributed by atoms with Crippen molar-refractivity contribution in [1.29, 1.82) is 0 Å². The lowest BCUT2D eigenvalue weighted by Crippen LogP contribution is -2.23. The van der Waals surface area contributed by atoms with Crippen LogP contribution in [0.5, 0.6) is 0 Å². The van der Waals surface area contributed by atoms with Crippen molar-refractivity contribution < 1.29 is 14.6 Å². The molecule has 30 heavy (non-hydrogen) atoms. The molecular weight excluding hydrogens is 372 g/mol. The van der Waals surface area contributed by atoms with E-state index >= 15 is 0 Å². The summed E-state index contributed by atoms with van der Waals surface area (Å²) in [6.07, 6.45) is 15.0. The number of carbonyl (C=O) groups excluding carboxylic acids is 1. The first-order chi connectivity index (χ1) is 14.6. The average molecular weight is 413 g/mol. The van der Waals surface area contributed by atoms with E-state index < -0.39 is 0 Å². The summed E-state index contributed by atoms with van der Waals surface area (Å²) in [6.45, 7) is 5.98. The maximum Gasteiger partial charge on any atom is 0.333 e. The molecule has 3 nitrogen and oxygen atoms in total. The van der Waals surface area contributed by atoms with Crippen molar-refractivity contribution in [3.63, 3.8) is 0 Å². The minimum Gasteiger partial charge on any atom is -0.462 e. The lowest BCUT2D eigenvalue weighted by Gasteiger charge is -2.36. The molecule has 2 saturated carbocycles. The third-order valence-electron chi connectivity index (χ3n) is 7.31. The van der Waals surface area contributed by atoms with Crippen molar-refractivity contribution in [2.45, 2.75) is 89.9 Å². The first kappa shape index (κ1) is 23.1. The van der Waals surface area contributed by atoms with Crippen LogP contribution < -0.4 is 0 Å². The van der Waals surface area contributed by atoms with Gasteiger partial charge in [-0.15, -0.1) is 0 Å². The molecule has 1 aromatic rings. The van der Waals surface area contributed by atoms with Gasteiger partial charge in [0.2, 0.25) is 0 Å². The number of hydrogen-bond acceptors (Lipinski definition) is 3. The normalized spacial score (nSPS) is 22.6. The molecule has 0 aliphatic heterocycles. The van der Waals surface area contributed by atoms with Gasteiger partial charge >= 0.3 is 5.97 Å². The molecule has 0 aromatic heterocycles. The Morgan fingerprint density at radius 1 is 1.03 bits per heavy atom. The lowest BCUT2D eigenvalue weighted by molar-refractivity contribution is -0.138. The Kier molecular flexibility index (Phi) is 8.99. The topological polar surface area (TPSA) is 46.5 Å². The summed E-state index contributed by atoms with van der Waals surface area (Å²) in [7, 11) is 0. The second kappa shape index (κ2) is 11.7. The van der Waals surface area contributed by atoms with Crippen LogP contribution in [0.1, 0.15) is 93.7 Å². The van der Waals surface area contributed by atoms with Crippen LogP contribution in [0.25, 0.3) is 0 Å². The van der Waals surface area contributed by atoms with Gasteiger partial charge in [-0.2, -0.15) is 0 Å². The molecular formula is C27H40O3. The van der Waals surface area contributed by atoms with Crippen LogP contribution in [-0.4, -0.2) is 24.3 Å². The molecule has 1 N–H and O–H groups in total. The molecule has 2 fully saturated rings. The van der Waals surface area contributed by atoms with Gasteiger partial charge in [-0.05, 0) is 79.9 Å². The van der Waals surface area contributed by atoms with E-state index in [4.69, 9.17) is 4.74 Å². The Balaban J connectivity index is 1.64. The molecule has 0 heterocycles. The molecule has 0 atom stereocenters. The highest BCUT2D eigenvalue weighted by molar-refractivity contribution is 5.86. The number of ether oxygens (including phenoxy) is 1. The highest BCUT2D eigenvalue weighted by Crippen LogP contribution is 2.43. The molecule has 166 valence electrons. The van der Waals surface area contributed by atoms with Gasteiger partial charge in [0.1, 0.15) is 0 Å². The van der Waals surface area contributed by atoms with Crippen molar-refractivity contribution in [3.8, 4) is 0 Å². The highest BCUT2D eigenvalue weighted by atomic mass is 16.5. The Labute approximate surface area is 182 Å². The highest BCUT2D eigenvalue weighted by Gasteiger charge is 2.29.